The molecule has 1 aromatic rings. The Balaban J connectivity index is 2.23. The quantitative estimate of drug-likeness (QED) is 0.900. The van der Waals surface area contributed by atoms with Crippen molar-refractivity contribution >= 4 is 27.3 Å². The molecule has 0 saturated heterocycles. The summed E-state index contributed by atoms with van der Waals surface area (Å²) in [6.07, 6.45) is 5.95. The maximum atomic E-state index is 5.98. The molecule has 1 aliphatic carbocycles. The molecule has 4 nitrogen and oxygen atoms in total. The maximum absolute atomic E-state index is 5.98. The van der Waals surface area contributed by atoms with Crippen LogP contribution in [0.5, 0.6) is 0 Å². The first-order valence-corrected chi connectivity index (χ1v) is 6.18. The number of halogens is 1. The Hall–Kier alpha value is -0.810. The van der Waals surface area contributed by atoms with Crippen molar-refractivity contribution in [3.8, 4) is 0 Å². The van der Waals surface area contributed by atoms with Crippen LogP contribution in [0.4, 0.5) is 11.4 Å². The number of nitrogens with two attached hydrogens (primary N) is 1. The average Bonchev–Trinajstić information content (AvgIpc) is 3.06. The molecule has 0 radical (unpaired) electrons. The van der Waals surface area contributed by atoms with E-state index in [4.69, 9.17) is 10.5 Å². The number of aromatic nitrogens is 1. The predicted molar refractivity (Wildman–Crippen MR) is 68.6 cm³/mol. The zero-order valence-electron chi connectivity index (χ0n) is 9.32. The van der Waals surface area contributed by atoms with Crippen molar-refractivity contribution < 1.29 is 4.74 Å². The van der Waals surface area contributed by atoms with Gasteiger partial charge in [-0.1, -0.05) is 0 Å². The van der Waals surface area contributed by atoms with Crippen LogP contribution in [0.1, 0.15) is 12.8 Å². The monoisotopic (exact) mass is 285 g/mol. The first-order chi connectivity index (χ1) is 7.74. The first kappa shape index (κ1) is 11.7. The van der Waals surface area contributed by atoms with E-state index in [-0.39, 0.29) is 0 Å². The summed E-state index contributed by atoms with van der Waals surface area (Å²) in [6.45, 7) is 1.58. The van der Waals surface area contributed by atoms with Gasteiger partial charge in [-0.15, -0.1) is 0 Å². The summed E-state index contributed by atoms with van der Waals surface area (Å²) >= 11 is 3.51. The number of hydrogen-bond donors (Lipinski definition) is 1. The van der Waals surface area contributed by atoms with E-state index in [9.17, 15) is 0 Å². The second-order valence-corrected chi connectivity index (χ2v) is 4.83. The molecule has 2 rings (SSSR count). The van der Waals surface area contributed by atoms with Crippen LogP contribution in [0.25, 0.3) is 0 Å². The van der Waals surface area contributed by atoms with Crippen molar-refractivity contribution in [2.24, 2.45) is 0 Å². The molecule has 88 valence electrons. The van der Waals surface area contributed by atoms with E-state index >= 15 is 0 Å². The van der Waals surface area contributed by atoms with E-state index in [1.54, 1.807) is 19.5 Å². The molecule has 0 amide bonds. The van der Waals surface area contributed by atoms with Gasteiger partial charge < -0.3 is 15.4 Å². The normalized spacial score (nSPS) is 15.1. The van der Waals surface area contributed by atoms with Crippen LogP contribution < -0.4 is 10.6 Å². The first-order valence-electron chi connectivity index (χ1n) is 5.38. The molecular formula is C11H16BrN3O. The topological polar surface area (TPSA) is 51.4 Å². The van der Waals surface area contributed by atoms with E-state index < -0.39 is 0 Å². The number of methoxy groups -OCH3 is 1. The summed E-state index contributed by atoms with van der Waals surface area (Å²) in [4.78, 5) is 6.37. The predicted octanol–water partition coefficient (Wildman–Crippen LogP) is 2.04. The second kappa shape index (κ2) is 5.01. The Bertz CT molecular complexity index is 348. The molecule has 1 fully saturated rings. The van der Waals surface area contributed by atoms with Gasteiger partial charge in [-0.25, -0.2) is 0 Å². The van der Waals surface area contributed by atoms with Crippen LogP contribution in [-0.4, -0.2) is 31.3 Å². The van der Waals surface area contributed by atoms with Gasteiger partial charge in [0.2, 0.25) is 0 Å². The van der Waals surface area contributed by atoms with Gasteiger partial charge in [-0.05, 0) is 28.8 Å². The number of hydrogen-bond acceptors (Lipinski definition) is 4. The Morgan fingerprint density at radius 2 is 2.31 bits per heavy atom. The van der Waals surface area contributed by atoms with E-state index in [2.05, 4.69) is 25.8 Å². The number of ether oxygens (including phenoxy) is 1. The van der Waals surface area contributed by atoms with Crippen molar-refractivity contribution in [3.63, 3.8) is 0 Å². The van der Waals surface area contributed by atoms with Crippen LogP contribution in [0.2, 0.25) is 0 Å². The Morgan fingerprint density at radius 1 is 1.56 bits per heavy atom. The smallest absolute Gasteiger partial charge is 0.0779 e. The number of rotatable bonds is 5. The van der Waals surface area contributed by atoms with Crippen LogP contribution in [-0.2, 0) is 4.74 Å². The third kappa shape index (κ3) is 2.47. The van der Waals surface area contributed by atoms with Crippen molar-refractivity contribution in [3.05, 3.63) is 16.9 Å². The number of nitrogens with zero attached hydrogens (tertiary/aromatic N) is 2. The Kier molecular flexibility index (Phi) is 3.66. The summed E-state index contributed by atoms with van der Waals surface area (Å²) in [5, 5.41) is 0. The summed E-state index contributed by atoms with van der Waals surface area (Å²) in [7, 11) is 1.72. The Labute approximate surface area is 104 Å². The van der Waals surface area contributed by atoms with Crippen LogP contribution in [0, 0.1) is 0 Å². The lowest BCUT2D eigenvalue weighted by Crippen LogP contribution is -2.30. The lowest BCUT2D eigenvalue weighted by atomic mass is 10.3. The highest BCUT2D eigenvalue weighted by Crippen LogP contribution is 2.38. The molecule has 2 N–H and O–H groups in total. The highest BCUT2D eigenvalue weighted by atomic mass is 79.9. The van der Waals surface area contributed by atoms with Crippen molar-refractivity contribution in [2.75, 3.05) is 30.9 Å². The summed E-state index contributed by atoms with van der Waals surface area (Å²) in [6, 6.07) is 0.608. The maximum Gasteiger partial charge on any atom is 0.0779 e. The molecule has 1 aliphatic rings. The molecule has 5 heteroatoms. The minimum Gasteiger partial charge on any atom is -0.396 e. The van der Waals surface area contributed by atoms with Gasteiger partial charge in [0.1, 0.15) is 0 Å². The van der Waals surface area contributed by atoms with Gasteiger partial charge in [-0.2, -0.15) is 0 Å². The second-order valence-electron chi connectivity index (χ2n) is 3.98. The van der Waals surface area contributed by atoms with Gasteiger partial charge >= 0.3 is 0 Å². The minimum absolute atomic E-state index is 0.608. The fourth-order valence-corrected chi connectivity index (χ4v) is 2.37. The largest absolute Gasteiger partial charge is 0.396 e. The summed E-state index contributed by atoms with van der Waals surface area (Å²) in [5.41, 5.74) is 7.75. The molecule has 0 bridgehead atoms. The van der Waals surface area contributed by atoms with Gasteiger partial charge in [0.25, 0.3) is 0 Å². The van der Waals surface area contributed by atoms with E-state index in [1.807, 2.05) is 0 Å². The van der Waals surface area contributed by atoms with Gasteiger partial charge in [0.15, 0.2) is 0 Å². The summed E-state index contributed by atoms with van der Waals surface area (Å²) < 4.78 is 6.09. The SMILES string of the molecule is COCCN(c1c(N)cncc1Br)C1CC1. The molecule has 0 aromatic carbocycles. The average molecular weight is 286 g/mol. The standard InChI is InChI=1S/C11H16BrN3O/c1-16-5-4-15(8-2-3-8)11-9(12)6-14-7-10(11)13/h6-8H,2-5,13H2,1H3. The third-order valence-corrected chi connectivity index (χ3v) is 3.29. The Morgan fingerprint density at radius 3 is 2.88 bits per heavy atom. The molecule has 1 heterocycles. The number of nitrogen functional groups attached to an aromatic ring is 1. The molecule has 1 saturated carbocycles. The van der Waals surface area contributed by atoms with Crippen LogP contribution in [0.3, 0.4) is 0 Å². The van der Waals surface area contributed by atoms with E-state index in [1.165, 1.54) is 12.8 Å². The molecule has 0 aliphatic heterocycles. The molecule has 1 aromatic heterocycles. The fourth-order valence-electron chi connectivity index (χ4n) is 1.80. The number of pyridine rings is 1. The zero-order chi connectivity index (χ0) is 11.5. The molecule has 0 atom stereocenters. The van der Waals surface area contributed by atoms with Crippen LogP contribution in [0.15, 0.2) is 16.9 Å². The molecule has 0 unspecified atom stereocenters. The highest BCUT2D eigenvalue weighted by Gasteiger charge is 2.31. The van der Waals surface area contributed by atoms with Crippen molar-refractivity contribution in [1.29, 1.82) is 0 Å². The molecular weight excluding hydrogens is 270 g/mol. The van der Waals surface area contributed by atoms with E-state index in [0.29, 0.717) is 12.6 Å². The zero-order valence-corrected chi connectivity index (χ0v) is 10.9. The van der Waals surface area contributed by atoms with Crippen molar-refractivity contribution in [2.45, 2.75) is 18.9 Å². The highest BCUT2D eigenvalue weighted by molar-refractivity contribution is 9.10. The molecule has 16 heavy (non-hydrogen) atoms. The van der Waals surface area contributed by atoms with E-state index in [0.717, 1.165) is 22.4 Å². The fraction of sp³-hybridized carbons (Fsp3) is 0.545. The lowest BCUT2D eigenvalue weighted by molar-refractivity contribution is 0.205. The van der Waals surface area contributed by atoms with Crippen molar-refractivity contribution in [1.82, 2.24) is 4.98 Å². The van der Waals surface area contributed by atoms with Crippen LogP contribution >= 0.6 is 15.9 Å². The number of anilines is 2. The summed E-state index contributed by atoms with van der Waals surface area (Å²) in [5.74, 6) is 0. The van der Waals surface area contributed by atoms with Gasteiger partial charge in [0.05, 0.1) is 28.7 Å². The lowest BCUT2D eigenvalue weighted by Gasteiger charge is -2.26. The van der Waals surface area contributed by atoms with Gasteiger partial charge in [0, 0.05) is 25.9 Å². The molecule has 0 spiro atoms. The third-order valence-electron chi connectivity index (χ3n) is 2.71. The minimum atomic E-state index is 0.608. The van der Waals surface area contributed by atoms with Gasteiger partial charge in [-0.3, -0.25) is 4.98 Å².